The molecule has 0 spiro atoms. The average molecular weight is 300 g/mol. The normalized spacial score (nSPS) is 20.3. The first kappa shape index (κ1) is 14.2. The maximum Gasteiger partial charge on any atom is 0.255 e. The molecule has 1 aromatic carbocycles. The molecule has 1 aromatic rings. The highest BCUT2D eigenvalue weighted by Gasteiger charge is 2.34. The number of nitrogens with zero attached hydrogens (tertiary/aromatic N) is 1. The van der Waals surface area contributed by atoms with Gasteiger partial charge >= 0.3 is 0 Å². The average Bonchev–Trinajstić information content (AvgIpc) is 2.37. The van der Waals surface area contributed by atoms with Gasteiger partial charge in [0, 0.05) is 35.6 Å². The second-order valence-corrected chi connectivity index (χ2v) is 7.84. The highest BCUT2D eigenvalue weighted by molar-refractivity contribution is 8.00. The van der Waals surface area contributed by atoms with Gasteiger partial charge in [-0.2, -0.15) is 11.8 Å². The molecule has 0 aliphatic carbocycles. The fourth-order valence-electron chi connectivity index (χ4n) is 2.01. The Morgan fingerprint density at radius 1 is 1.47 bits per heavy atom. The number of hydrogen-bond donors (Lipinski definition) is 1. The van der Waals surface area contributed by atoms with Crippen molar-refractivity contribution in [2.45, 2.75) is 5.37 Å². The molecule has 2 rings (SSSR count). The Labute approximate surface area is 117 Å². The number of benzene rings is 1. The highest BCUT2D eigenvalue weighted by atomic mass is 32.2. The molecule has 0 radical (unpaired) electrons. The van der Waals surface area contributed by atoms with Gasteiger partial charge in [0.25, 0.3) is 5.91 Å². The van der Waals surface area contributed by atoms with Gasteiger partial charge in [0.2, 0.25) is 0 Å². The molecule has 5 nitrogen and oxygen atoms in total. The van der Waals surface area contributed by atoms with E-state index in [0.29, 0.717) is 23.5 Å². The molecule has 1 fully saturated rings. The number of hydrogen-bond acceptors (Lipinski definition) is 5. The first-order valence-corrected chi connectivity index (χ1v) is 8.93. The summed E-state index contributed by atoms with van der Waals surface area (Å²) >= 11 is 1.55. The number of carbonyl (C=O) groups excluding carboxylic acids is 1. The molecule has 1 atom stereocenters. The Kier molecular flexibility index (Phi) is 4.05. The minimum Gasteiger partial charge on any atom is -0.399 e. The van der Waals surface area contributed by atoms with Gasteiger partial charge in [-0.1, -0.05) is 6.07 Å². The summed E-state index contributed by atoms with van der Waals surface area (Å²) < 4.78 is 23.5. The third-order valence-corrected chi connectivity index (χ3v) is 5.62. The standard InChI is InChI=1S/C12H16N2O3S2/c1-19(16,17)11-8-18-6-5-14(11)12(15)9-3-2-4-10(13)7-9/h2-4,7,11H,5-6,8,13H2,1H3. The molecule has 104 valence electrons. The Hall–Kier alpha value is -1.21. The largest absolute Gasteiger partial charge is 0.399 e. The monoisotopic (exact) mass is 300 g/mol. The van der Waals surface area contributed by atoms with Gasteiger partial charge in [-0.05, 0) is 18.2 Å². The number of thioether (sulfide) groups is 1. The zero-order chi connectivity index (χ0) is 14.0. The molecule has 7 heteroatoms. The summed E-state index contributed by atoms with van der Waals surface area (Å²) in [5.41, 5.74) is 6.58. The molecule has 1 unspecified atom stereocenters. The fourth-order valence-corrected chi connectivity index (χ4v) is 4.82. The highest BCUT2D eigenvalue weighted by Crippen LogP contribution is 2.22. The van der Waals surface area contributed by atoms with Gasteiger partial charge in [0.05, 0.1) is 0 Å². The van der Waals surface area contributed by atoms with Gasteiger partial charge in [-0.25, -0.2) is 8.42 Å². The van der Waals surface area contributed by atoms with Crippen molar-refractivity contribution in [2.24, 2.45) is 0 Å². The van der Waals surface area contributed by atoms with Crippen molar-refractivity contribution in [3.05, 3.63) is 29.8 Å². The van der Waals surface area contributed by atoms with Crippen molar-refractivity contribution in [1.82, 2.24) is 4.90 Å². The third-order valence-electron chi connectivity index (χ3n) is 2.97. The van der Waals surface area contributed by atoms with Crippen LogP contribution < -0.4 is 5.73 Å². The SMILES string of the molecule is CS(=O)(=O)C1CSCCN1C(=O)c1cccc(N)c1. The summed E-state index contributed by atoms with van der Waals surface area (Å²) in [6, 6.07) is 6.61. The van der Waals surface area contributed by atoms with Crippen molar-refractivity contribution in [2.75, 3.05) is 30.0 Å². The van der Waals surface area contributed by atoms with Crippen molar-refractivity contribution >= 4 is 33.2 Å². The van der Waals surface area contributed by atoms with E-state index in [9.17, 15) is 13.2 Å². The number of carbonyl (C=O) groups is 1. The fraction of sp³-hybridized carbons (Fsp3) is 0.417. The van der Waals surface area contributed by atoms with E-state index in [-0.39, 0.29) is 5.91 Å². The van der Waals surface area contributed by atoms with Crippen molar-refractivity contribution in [3.63, 3.8) is 0 Å². The lowest BCUT2D eigenvalue weighted by atomic mass is 10.2. The van der Waals surface area contributed by atoms with Crippen molar-refractivity contribution < 1.29 is 13.2 Å². The van der Waals surface area contributed by atoms with E-state index in [4.69, 9.17) is 5.73 Å². The van der Waals surface area contributed by atoms with Crippen LogP contribution in [-0.4, -0.2) is 48.9 Å². The van der Waals surface area contributed by atoms with Crippen LogP contribution in [0.5, 0.6) is 0 Å². The summed E-state index contributed by atoms with van der Waals surface area (Å²) in [6.07, 6.45) is 1.17. The topological polar surface area (TPSA) is 80.5 Å². The van der Waals surface area contributed by atoms with Gasteiger partial charge in [0.1, 0.15) is 5.37 Å². The van der Waals surface area contributed by atoms with Gasteiger partial charge in [-0.15, -0.1) is 0 Å². The maximum absolute atomic E-state index is 12.4. The molecule has 1 amide bonds. The minimum absolute atomic E-state index is 0.275. The van der Waals surface area contributed by atoms with Crippen molar-refractivity contribution in [1.29, 1.82) is 0 Å². The predicted molar refractivity (Wildman–Crippen MR) is 77.8 cm³/mol. The number of amides is 1. The van der Waals surface area contributed by atoms with Crippen LogP contribution in [0.25, 0.3) is 0 Å². The number of nitrogen functional groups attached to an aromatic ring is 1. The number of nitrogens with two attached hydrogens (primary N) is 1. The molecule has 1 saturated heterocycles. The van der Waals surface area contributed by atoms with Crippen LogP contribution in [0.1, 0.15) is 10.4 Å². The van der Waals surface area contributed by atoms with Gasteiger partial charge in [0.15, 0.2) is 9.84 Å². The quantitative estimate of drug-likeness (QED) is 0.818. The maximum atomic E-state index is 12.4. The van der Waals surface area contributed by atoms with Crippen LogP contribution in [-0.2, 0) is 9.84 Å². The van der Waals surface area contributed by atoms with Crippen LogP contribution in [0.15, 0.2) is 24.3 Å². The number of rotatable bonds is 2. The van der Waals surface area contributed by atoms with Crippen LogP contribution in [0.4, 0.5) is 5.69 Å². The molecular weight excluding hydrogens is 284 g/mol. The van der Waals surface area contributed by atoms with E-state index in [1.54, 1.807) is 36.0 Å². The van der Waals surface area contributed by atoms with Gasteiger partial charge < -0.3 is 10.6 Å². The van der Waals surface area contributed by atoms with Crippen LogP contribution in [0.2, 0.25) is 0 Å². The Bertz CT molecular complexity index is 586. The summed E-state index contributed by atoms with van der Waals surface area (Å²) in [5.74, 6) is 0.899. The molecule has 2 N–H and O–H groups in total. The second kappa shape index (κ2) is 5.42. The molecule has 0 bridgehead atoms. The van der Waals surface area contributed by atoms with E-state index in [1.807, 2.05) is 0 Å². The molecule has 0 saturated carbocycles. The molecule has 1 heterocycles. The summed E-state index contributed by atoms with van der Waals surface area (Å²) in [4.78, 5) is 13.8. The Morgan fingerprint density at radius 3 is 2.84 bits per heavy atom. The first-order chi connectivity index (χ1) is 8.89. The van der Waals surface area contributed by atoms with Crippen molar-refractivity contribution in [3.8, 4) is 0 Å². The smallest absolute Gasteiger partial charge is 0.255 e. The lowest BCUT2D eigenvalue weighted by Gasteiger charge is -2.34. The molecule has 1 aliphatic heterocycles. The molecular formula is C12H16N2O3S2. The number of sulfone groups is 1. The van der Waals surface area contributed by atoms with Gasteiger partial charge in [-0.3, -0.25) is 4.79 Å². The molecule has 1 aliphatic rings. The Balaban J connectivity index is 2.30. The summed E-state index contributed by atoms with van der Waals surface area (Å²) in [6.45, 7) is 0.441. The summed E-state index contributed by atoms with van der Waals surface area (Å²) in [5, 5.41) is -0.750. The van der Waals surface area contributed by atoms with Crippen LogP contribution in [0, 0.1) is 0 Å². The minimum atomic E-state index is -3.29. The zero-order valence-corrected chi connectivity index (χ0v) is 12.2. The molecule has 19 heavy (non-hydrogen) atoms. The Morgan fingerprint density at radius 2 is 2.21 bits per heavy atom. The zero-order valence-electron chi connectivity index (χ0n) is 10.6. The first-order valence-electron chi connectivity index (χ1n) is 5.83. The predicted octanol–water partition coefficient (Wildman–Crippen LogP) is 0.828. The molecule has 0 aromatic heterocycles. The van der Waals surface area contributed by atoms with E-state index >= 15 is 0 Å². The second-order valence-electron chi connectivity index (χ2n) is 4.48. The lowest BCUT2D eigenvalue weighted by Crippen LogP contribution is -2.49. The van der Waals surface area contributed by atoms with E-state index in [0.717, 1.165) is 5.75 Å². The van der Waals surface area contributed by atoms with Crippen LogP contribution in [0.3, 0.4) is 0 Å². The van der Waals surface area contributed by atoms with Crippen LogP contribution >= 0.6 is 11.8 Å². The van der Waals surface area contributed by atoms with E-state index in [2.05, 4.69) is 0 Å². The number of anilines is 1. The third kappa shape index (κ3) is 3.22. The van der Waals surface area contributed by atoms with E-state index < -0.39 is 15.2 Å². The van der Waals surface area contributed by atoms with E-state index in [1.165, 1.54) is 11.2 Å². The lowest BCUT2D eigenvalue weighted by molar-refractivity contribution is 0.0749. The summed E-state index contributed by atoms with van der Waals surface area (Å²) in [7, 11) is -3.29.